The highest BCUT2D eigenvalue weighted by Gasteiger charge is 2.10. The van der Waals surface area contributed by atoms with Gasteiger partial charge in [0.25, 0.3) is 0 Å². The van der Waals surface area contributed by atoms with Crippen LogP contribution in [0.25, 0.3) is 11.0 Å². The molecule has 5 heteroatoms. The predicted molar refractivity (Wildman–Crippen MR) is 113 cm³/mol. The third kappa shape index (κ3) is 5.00. The zero-order valence-corrected chi connectivity index (χ0v) is 16.2. The molecule has 1 heterocycles. The summed E-state index contributed by atoms with van der Waals surface area (Å²) in [6, 6.07) is 24.7. The smallest absolute Gasteiger partial charge is 0.124 e. The molecule has 4 nitrogen and oxygen atoms in total. The van der Waals surface area contributed by atoms with E-state index in [2.05, 4.69) is 40.2 Å². The van der Waals surface area contributed by atoms with Gasteiger partial charge in [0, 0.05) is 0 Å². The summed E-state index contributed by atoms with van der Waals surface area (Å²) < 4.78 is 21.0. The van der Waals surface area contributed by atoms with E-state index in [0.29, 0.717) is 25.4 Å². The summed E-state index contributed by atoms with van der Waals surface area (Å²) in [6.07, 6.45) is 0.981. The Bertz CT molecular complexity index is 1040. The first-order valence-electron chi connectivity index (χ1n) is 9.87. The lowest BCUT2D eigenvalue weighted by Gasteiger charge is -2.11. The zero-order valence-electron chi connectivity index (χ0n) is 16.2. The minimum absolute atomic E-state index is 0.262. The number of nitrogens with zero attached hydrogens (tertiary/aromatic N) is 2. The number of ether oxygens (including phenoxy) is 1. The summed E-state index contributed by atoms with van der Waals surface area (Å²) in [6.45, 7) is 2.74. The normalized spacial score (nSPS) is 11.1. The van der Waals surface area contributed by atoms with Crippen LogP contribution in [0.4, 0.5) is 4.39 Å². The van der Waals surface area contributed by atoms with Gasteiger partial charge in [0.05, 0.1) is 24.1 Å². The fraction of sp³-hybridized carbons (Fsp3) is 0.208. The van der Waals surface area contributed by atoms with Gasteiger partial charge in [0.1, 0.15) is 24.0 Å². The van der Waals surface area contributed by atoms with Crippen molar-refractivity contribution in [2.45, 2.75) is 19.5 Å². The van der Waals surface area contributed by atoms with Crippen molar-refractivity contribution in [2.75, 3.05) is 13.2 Å². The summed E-state index contributed by atoms with van der Waals surface area (Å²) in [7, 11) is 0. The molecule has 0 saturated carbocycles. The number of hydrogen-bond acceptors (Lipinski definition) is 3. The maximum atomic E-state index is 13.0. The van der Waals surface area contributed by atoms with Crippen LogP contribution in [-0.2, 0) is 19.5 Å². The van der Waals surface area contributed by atoms with Crippen molar-refractivity contribution in [1.29, 1.82) is 0 Å². The molecule has 4 rings (SSSR count). The average Bonchev–Trinajstić information content (AvgIpc) is 3.11. The molecule has 1 N–H and O–H groups in total. The van der Waals surface area contributed by atoms with Gasteiger partial charge in [-0.3, -0.25) is 0 Å². The number of aromatic nitrogens is 2. The Hall–Kier alpha value is -3.18. The monoisotopic (exact) mass is 389 g/mol. The molecule has 29 heavy (non-hydrogen) atoms. The van der Waals surface area contributed by atoms with E-state index >= 15 is 0 Å². The molecule has 3 aromatic carbocycles. The van der Waals surface area contributed by atoms with Gasteiger partial charge in [0.15, 0.2) is 0 Å². The largest absolute Gasteiger partial charge is 0.492 e. The standard InChI is InChI=1S/C24H24FN3O/c25-20-10-12-21(13-11-20)29-17-16-28-23-9-5-4-8-22(23)27-24(28)18-26-15-14-19-6-2-1-3-7-19/h1-13,26H,14-18H2. The molecule has 4 aromatic rings. The molecule has 0 unspecified atom stereocenters. The van der Waals surface area contributed by atoms with E-state index < -0.39 is 0 Å². The van der Waals surface area contributed by atoms with E-state index in [1.165, 1.54) is 17.7 Å². The molecule has 0 aliphatic heterocycles. The first kappa shape index (κ1) is 19.2. The van der Waals surface area contributed by atoms with Gasteiger partial charge < -0.3 is 14.6 Å². The van der Waals surface area contributed by atoms with Crippen LogP contribution in [0.5, 0.6) is 5.75 Å². The second kappa shape index (κ2) is 9.34. The number of rotatable bonds is 9. The molecule has 0 spiro atoms. The van der Waals surface area contributed by atoms with Crippen molar-refractivity contribution in [1.82, 2.24) is 14.9 Å². The summed E-state index contributed by atoms with van der Waals surface area (Å²) in [5.41, 5.74) is 3.39. The summed E-state index contributed by atoms with van der Waals surface area (Å²) in [5, 5.41) is 3.50. The van der Waals surface area contributed by atoms with Crippen LogP contribution >= 0.6 is 0 Å². The van der Waals surface area contributed by atoms with Crippen LogP contribution in [-0.4, -0.2) is 22.7 Å². The van der Waals surface area contributed by atoms with E-state index in [4.69, 9.17) is 9.72 Å². The van der Waals surface area contributed by atoms with Gasteiger partial charge in [0.2, 0.25) is 0 Å². The lowest BCUT2D eigenvalue weighted by atomic mass is 10.1. The Kier molecular flexibility index (Phi) is 6.17. The quantitative estimate of drug-likeness (QED) is 0.426. The van der Waals surface area contributed by atoms with Gasteiger partial charge in [-0.05, 0) is 54.9 Å². The lowest BCUT2D eigenvalue weighted by molar-refractivity contribution is 0.297. The van der Waals surface area contributed by atoms with Crippen molar-refractivity contribution < 1.29 is 9.13 Å². The highest BCUT2D eigenvalue weighted by molar-refractivity contribution is 5.75. The molecule has 1 aromatic heterocycles. The summed E-state index contributed by atoms with van der Waals surface area (Å²) in [5.74, 6) is 1.39. The van der Waals surface area contributed by atoms with Gasteiger partial charge in [-0.15, -0.1) is 0 Å². The van der Waals surface area contributed by atoms with E-state index in [1.807, 2.05) is 24.3 Å². The summed E-state index contributed by atoms with van der Waals surface area (Å²) in [4.78, 5) is 4.79. The van der Waals surface area contributed by atoms with Crippen LogP contribution in [0, 0.1) is 5.82 Å². The molecule has 0 radical (unpaired) electrons. The molecule has 0 amide bonds. The third-order valence-electron chi connectivity index (χ3n) is 4.85. The number of para-hydroxylation sites is 2. The number of imidazole rings is 1. The minimum atomic E-state index is -0.262. The van der Waals surface area contributed by atoms with Gasteiger partial charge in [-0.1, -0.05) is 42.5 Å². The maximum Gasteiger partial charge on any atom is 0.124 e. The van der Waals surface area contributed by atoms with Crippen LogP contribution in [0.1, 0.15) is 11.4 Å². The first-order valence-corrected chi connectivity index (χ1v) is 9.87. The van der Waals surface area contributed by atoms with Crippen LogP contribution < -0.4 is 10.1 Å². The maximum absolute atomic E-state index is 13.0. The molecule has 0 aliphatic rings. The lowest BCUT2D eigenvalue weighted by Crippen LogP contribution is -2.21. The minimum Gasteiger partial charge on any atom is -0.492 e. The average molecular weight is 389 g/mol. The second-order valence-electron chi connectivity index (χ2n) is 6.88. The Balaban J connectivity index is 1.39. The summed E-state index contributed by atoms with van der Waals surface area (Å²) >= 11 is 0. The fourth-order valence-corrected chi connectivity index (χ4v) is 3.37. The Morgan fingerprint density at radius 1 is 0.897 bits per heavy atom. The first-order chi connectivity index (χ1) is 14.3. The Morgan fingerprint density at radius 3 is 2.48 bits per heavy atom. The highest BCUT2D eigenvalue weighted by Crippen LogP contribution is 2.17. The van der Waals surface area contributed by atoms with E-state index in [9.17, 15) is 4.39 Å². The highest BCUT2D eigenvalue weighted by atomic mass is 19.1. The van der Waals surface area contributed by atoms with Crippen molar-refractivity contribution in [3.05, 3.63) is 96.1 Å². The number of benzene rings is 3. The van der Waals surface area contributed by atoms with E-state index in [-0.39, 0.29) is 5.82 Å². The fourth-order valence-electron chi connectivity index (χ4n) is 3.37. The Labute approximate surface area is 170 Å². The molecule has 0 bridgehead atoms. The molecule has 0 aliphatic carbocycles. The van der Waals surface area contributed by atoms with E-state index in [0.717, 1.165) is 29.8 Å². The third-order valence-corrected chi connectivity index (χ3v) is 4.85. The molecule has 0 fully saturated rings. The number of hydrogen-bond donors (Lipinski definition) is 1. The molecule has 0 atom stereocenters. The second-order valence-corrected chi connectivity index (χ2v) is 6.88. The number of fused-ring (bicyclic) bond motifs is 1. The predicted octanol–water partition coefficient (Wildman–Crippen LogP) is 4.59. The number of nitrogens with one attached hydrogen (secondary N) is 1. The molecular formula is C24H24FN3O. The SMILES string of the molecule is Fc1ccc(OCCn2c(CNCCc3ccccc3)nc3ccccc32)cc1. The molecule has 0 saturated heterocycles. The van der Waals surface area contributed by atoms with Crippen LogP contribution in [0.15, 0.2) is 78.9 Å². The van der Waals surface area contributed by atoms with Crippen molar-refractivity contribution >= 4 is 11.0 Å². The number of halogens is 1. The van der Waals surface area contributed by atoms with Crippen LogP contribution in [0.3, 0.4) is 0 Å². The van der Waals surface area contributed by atoms with Crippen molar-refractivity contribution in [3.63, 3.8) is 0 Å². The topological polar surface area (TPSA) is 39.1 Å². The van der Waals surface area contributed by atoms with Gasteiger partial charge in [-0.2, -0.15) is 0 Å². The van der Waals surface area contributed by atoms with Gasteiger partial charge in [-0.25, -0.2) is 9.37 Å². The van der Waals surface area contributed by atoms with E-state index in [1.54, 1.807) is 12.1 Å². The van der Waals surface area contributed by atoms with Crippen molar-refractivity contribution in [2.24, 2.45) is 0 Å². The van der Waals surface area contributed by atoms with Crippen molar-refractivity contribution in [3.8, 4) is 5.75 Å². The zero-order chi connectivity index (χ0) is 19.9. The molecular weight excluding hydrogens is 365 g/mol. The van der Waals surface area contributed by atoms with Crippen LogP contribution in [0.2, 0.25) is 0 Å². The Morgan fingerprint density at radius 2 is 1.66 bits per heavy atom. The molecule has 148 valence electrons. The van der Waals surface area contributed by atoms with Gasteiger partial charge >= 0.3 is 0 Å².